The Balaban J connectivity index is 1.61. The van der Waals surface area contributed by atoms with Crippen LogP contribution in [0.3, 0.4) is 0 Å². The lowest BCUT2D eigenvalue weighted by molar-refractivity contribution is 0.247. The van der Waals surface area contributed by atoms with Crippen LogP contribution in [0.5, 0.6) is 0 Å². The van der Waals surface area contributed by atoms with Crippen LogP contribution in [-0.4, -0.2) is 31.7 Å². The summed E-state index contributed by atoms with van der Waals surface area (Å²) in [6.45, 7) is 3.50. The lowest BCUT2D eigenvalue weighted by Gasteiger charge is -2.22. The molecular formula is C18H22N6. The van der Waals surface area contributed by atoms with Gasteiger partial charge in [0.2, 0.25) is 5.95 Å². The fraction of sp³-hybridized carbons (Fsp3) is 0.278. The molecule has 2 N–H and O–H groups in total. The first kappa shape index (κ1) is 16.1. The first-order chi connectivity index (χ1) is 11.8. The number of aromatic nitrogens is 4. The van der Waals surface area contributed by atoms with Crippen molar-refractivity contribution in [1.29, 1.82) is 0 Å². The van der Waals surface area contributed by atoms with Crippen LogP contribution in [0, 0.1) is 0 Å². The van der Waals surface area contributed by atoms with E-state index in [9.17, 15) is 0 Å². The zero-order valence-corrected chi connectivity index (χ0v) is 13.6. The topological polar surface area (TPSA) is 72.9 Å². The van der Waals surface area contributed by atoms with E-state index in [1.807, 2.05) is 12.1 Å². The Morgan fingerprint density at radius 2 is 1.46 bits per heavy atom. The highest BCUT2D eigenvalue weighted by molar-refractivity contribution is 5.17. The minimum absolute atomic E-state index is 0.368. The second-order valence-electron chi connectivity index (χ2n) is 5.80. The third kappa shape index (κ3) is 4.63. The largest absolute Gasteiger partial charge is 0.367 e. The van der Waals surface area contributed by atoms with Gasteiger partial charge in [-0.05, 0) is 28.0 Å². The Morgan fingerprint density at radius 1 is 0.875 bits per heavy atom. The van der Waals surface area contributed by atoms with Gasteiger partial charge in [0, 0.05) is 26.2 Å². The van der Waals surface area contributed by atoms with E-state index in [0.717, 1.165) is 32.6 Å². The van der Waals surface area contributed by atoms with Crippen molar-refractivity contribution in [3.8, 4) is 0 Å². The third-order valence-corrected chi connectivity index (χ3v) is 3.90. The maximum Gasteiger partial charge on any atom is 0.240 e. The molecule has 0 saturated carbocycles. The molecule has 0 bridgehead atoms. The van der Waals surface area contributed by atoms with Crippen LogP contribution in [0.25, 0.3) is 0 Å². The molecule has 0 aliphatic rings. The van der Waals surface area contributed by atoms with E-state index in [0.29, 0.717) is 5.95 Å². The number of nitrogens with zero attached hydrogens (tertiary/aromatic N) is 5. The van der Waals surface area contributed by atoms with Gasteiger partial charge in [0.25, 0.3) is 0 Å². The molecule has 0 aliphatic heterocycles. The van der Waals surface area contributed by atoms with Crippen molar-refractivity contribution in [2.45, 2.75) is 26.1 Å². The number of hydrogen-bond donors (Lipinski definition) is 1. The molecule has 0 spiro atoms. The highest BCUT2D eigenvalue weighted by Gasteiger charge is 2.08. The normalized spacial score (nSPS) is 11.0. The van der Waals surface area contributed by atoms with Crippen molar-refractivity contribution in [3.05, 3.63) is 71.8 Å². The molecule has 0 unspecified atom stereocenters. The van der Waals surface area contributed by atoms with E-state index < -0.39 is 0 Å². The van der Waals surface area contributed by atoms with Gasteiger partial charge in [-0.25, -0.2) is 4.68 Å². The molecule has 1 heterocycles. The summed E-state index contributed by atoms with van der Waals surface area (Å²) in [4.78, 5) is 2.44. The molecule has 6 heteroatoms. The first-order valence-corrected chi connectivity index (χ1v) is 8.13. The number of nitrogens with two attached hydrogens (primary N) is 1. The monoisotopic (exact) mass is 322 g/mol. The number of tetrazole rings is 1. The van der Waals surface area contributed by atoms with Gasteiger partial charge in [-0.1, -0.05) is 65.8 Å². The van der Waals surface area contributed by atoms with Crippen LogP contribution >= 0.6 is 0 Å². The summed E-state index contributed by atoms with van der Waals surface area (Å²) in [6.07, 6.45) is 0.939. The number of benzene rings is 2. The van der Waals surface area contributed by atoms with Crippen molar-refractivity contribution in [2.75, 3.05) is 12.3 Å². The van der Waals surface area contributed by atoms with Gasteiger partial charge in [-0.15, -0.1) is 0 Å². The van der Waals surface area contributed by atoms with Crippen LogP contribution in [-0.2, 0) is 19.6 Å². The SMILES string of the molecule is Nc1nnnn1CCCN(Cc1ccccc1)Cc1ccccc1. The second kappa shape index (κ2) is 8.21. The molecule has 0 atom stereocenters. The lowest BCUT2D eigenvalue weighted by atomic mass is 10.1. The number of nitrogen functional groups attached to an aromatic ring is 1. The molecular weight excluding hydrogens is 300 g/mol. The Morgan fingerprint density at radius 3 is 1.96 bits per heavy atom. The van der Waals surface area contributed by atoms with E-state index in [2.05, 4.69) is 69.0 Å². The smallest absolute Gasteiger partial charge is 0.240 e. The van der Waals surface area contributed by atoms with E-state index in [1.165, 1.54) is 11.1 Å². The minimum atomic E-state index is 0.368. The predicted molar refractivity (Wildman–Crippen MR) is 93.8 cm³/mol. The van der Waals surface area contributed by atoms with Gasteiger partial charge in [0.05, 0.1) is 0 Å². The molecule has 6 nitrogen and oxygen atoms in total. The van der Waals surface area contributed by atoms with Crippen molar-refractivity contribution in [2.24, 2.45) is 0 Å². The molecule has 0 amide bonds. The quantitative estimate of drug-likeness (QED) is 0.689. The zero-order valence-electron chi connectivity index (χ0n) is 13.6. The summed E-state index contributed by atoms with van der Waals surface area (Å²) in [5.74, 6) is 0.368. The summed E-state index contributed by atoms with van der Waals surface area (Å²) in [7, 11) is 0. The average Bonchev–Trinajstić information content (AvgIpc) is 3.02. The molecule has 124 valence electrons. The molecule has 0 fully saturated rings. The van der Waals surface area contributed by atoms with Gasteiger partial charge in [-0.2, -0.15) is 0 Å². The van der Waals surface area contributed by atoms with Gasteiger partial charge >= 0.3 is 0 Å². The molecule has 0 aliphatic carbocycles. The minimum Gasteiger partial charge on any atom is -0.367 e. The first-order valence-electron chi connectivity index (χ1n) is 8.13. The van der Waals surface area contributed by atoms with Gasteiger partial charge in [0.1, 0.15) is 0 Å². The molecule has 0 saturated heterocycles. The summed E-state index contributed by atoms with van der Waals surface area (Å²) < 4.78 is 1.64. The van der Waals surface area contributed by atoms with E-state index >= 15 is 0 Å². The molecule has 24 heavy (non-hydrogen) atoms. The van der Waals surface area contributed by atoms with E-state index in [-0.39, 0.29) is 0 Å². The zero-order chi connectivity index (χ0) is 16.6. The van der Waals surface area contributed by atoms with Crippen LogP contribution in [0.4, 0.5) is 5.95 Å². The van der Waals surface area contributed by atoms with Gasteiger partial charge in [-0.3, -0.25) is 4.90 Å². The lowest BCUT2D eigenvalue weighted by Crippen LogP contribution is -2.25. The Kier molecular flexibility index (Phi) is 5.52. The van der Waals surface area contributed by atoms with E-state index in [4.69, 9.17) is 5.73 Å². The molecule has 1 aromatic heterocycles. The number of hydrogen-bond acceptors (Lipinski definition) is 5. The molecule has 3 aromatic rings. The highest BCUT2D eigenvalue weighted by Crippen LogP contribution is 2.11. The van der Waals surface area contributed by atoms with Crippen LogP contribution < -0.4 is 5.73 Å². The van der Waals surface area contributed by atoms with Crippen molar-refractivity contribution in [1.82, 2.24) is 25.1 Å². The second-order valence-corrected chi connectivity index (χ2v) is 5.80. The van der Waals surface area contributed by atoms with Crippen molar-refractivity contribution >= 4 is 5.95 Å². The predicted octanol–water partition coefficient (Wildman–Crippen LogP) is 2.35. The Hall–Kier alpha value is -2.73. The highest BCUT2D eigenvalue weighted by atomic mass is 15.6. The number of anilines is 1. The summed E-state index contributed by atoms with van der Waals surface area (Å²) in [5, 5.41) is 11.2. The maximum absolute atomic E-state index is 5.72. The summed E-state index contributed by atoms with van der Waals surface area (Å²) >= 11 is 0. The Labute approximate surface area is 141 Å². The van der Waals surface area contributed by atoms with E-state index in [1.54, 1.807) is 4.68 Å². The Bertz CT molecular complexity index is 684. The van der Waals surface area contributed by atoms with Gasteiger partial charge < -0.3 is 5.73 Å². The number of aryl methyl sites for hydroxylation is 1. The standard InChI is InChI=1S/C18H22N6/c19-18-20-21-22-24(18)13-7-12-23(14-16-8-3-1-4-9-16)15-17-10-5-2-6-11-17/h1-6,8-11H,7,12-15H2,(H2,19,20,22). The number of rotatable bonds is 8. The fourth-order valence-electron chi connectivity index (χ4n) is 2.71. The fourth-order valence-corrected chi connectivity index (χ4v) is 2.71. The average molecular weight is 322 g/mol. The third-order valence-electron chi connectivity index (χ3n) is 3.90. The summed E-state index contributed by atoms with van der Waals surface area (Å²) in [5.41, 5.74) is 8.35. The van der Waals surface area contributed by atoms with Crippen molar-refractivity contribution in [3.63, 3.8) is 0 Å². The van der Waals surface area contributed by atoms with Crippen molar-refractivity contribution < 1.29 is 0 Å². The van der Waals surface area contributed by atoms with Crippen LogP contribution in [0.15, 0.2) is 60.7 Å². The summed E-state index contributed by atoms with van der Waals surface area (Å²) in [6, 6.07) is 21.1. The molecule has 2 aromatic carbocycles. The van der Waals surface area contributed by atoms with Gasteiger partial charge in [0.15, 0.2) is 0 Å². The molecule has 0 radical (unpaired) electrons. The molecule has 3 rings (SSSR count). The van der Waals surface area contributed by atoms with Crippen LogP contribution in [0.2, 0.25) is 0 Å². The maximum atomic E-state index is 5.72. The van der Waals surface area contributed by atoms with Crippen LogP contribution in [0.1, 0.15) is 17.5 Å².